The van der Waals surface area contributed by atoms with Gasteiger partial charge in [-0.25, -0.2) is 19.6 Å². The van der Waals surface area contributed by atoms with E-state index in [9.17, 15) is 29.4 Å². The van der Waals surface area contributed by atoms with Crippen LogP contribution < -0.4 is 18.9 Å². The summed E-state index contributed by atoms with van der Waals surface area (Å²) in [4.78, 5) is 58.2. The molecule has 12 nitrogen and oxygen atoms in total. The molecular weight excluding hydrogens is 813 g/mol. The number of carboxylic acids is 2. The minimum Gasteiger partial charge on any atom is -0.491 e. The lowest BCUT2D eigenvalue weighted by Crippen LogP contribution is -2.20. The molecule has 0 unspecified atom stereocenters. The van der Waals surface area contributed by atoms with Gasteiger partial charge in [0, 0.05) is 48.6 Å². The van der Waals surface area contributed by atoms with Crippen molar-refractivity contribution in [3.05, 3.63) is 84.2 Å². The van der Waals surface area contributed by atoms with Crippen LogP contribution in [0.4, 0.5) is 0 Å². The molecule has 12 heteroatoms. The minimum absolute atomic E-state index is 0.00152. The second kappa shape index (κ2) is 22.2. The number of fused-ring (bicyclic) bond motifs is 2. The zero-order valence-electron chi connectivity index (χ0n) is 39.5. The SMILES string of the molecule is CC(C)(C)CC(C)(C)CC=CCOc1cc(C(=O)O)nc2c(OCCC(=O)CCC(=O)CCOc3cccc4c(OCC=CCC(C)(C)CC(C)(C)C)cc(C(=O)O)nc34)cccc12. The van der Waals surface area contributed by atoms with Crippen LogP contribution in [0, 0.1) is 21.7 Å². The van der Waals surface area contributed by atoms with Crippen LogP contribution in [0.1, 0.15) is 142 Å². The first kappa shape index (κ1) is 50.9. The van der Waals surface area contributed by atoms with E-state index in [0.717, 1.165) is 25.7 Å². The molecule has 0 fully saturated rings. The largest absolute Gasteiger partial charge is 0.491 e. The highest BCUT2D eigenvalue weighted by Gasteiger charge is 2.25. The molecule has 64 heavy (non-hydrogen) atoms. The standard InChI is InChI=1S/C52H68N2O10/c1-49(2,3)33-51(7,8)25-11-13-27-61-43-31-39(47(57)58)53-45-37(43)17-15-19-41(45)63-29-23-35(55)21-22-36(56)24-30-64-42-20-16-18-38-44(32-40(48(59)60)54-46(38)42)62-28-14-12-26-52(9,10)34-50(4,5)6/h11-20,31-32H,21-30,33-34H2,1-10H3,(H,57,58)(H,59,60). The number of hydrogen-bond acceptors (Lipinski definition) is 10. The summed E-state index contributed by atoms with van der Waals surface area (Å²) >= 11 is 0. The van der Waals surface area contributed by atoms with Crippen LogP contribution in [-0.2, 0) is 9.59 Å². The number of pyridine rings is 2. The second-order valence-electron chi connectivity index (χ2n) is 20.5. The van der Waals surface area contributed by atoms with Crippen LogP contribution in [0.25, 0.3) is 21.8 Å². The molecule has 0 radical (unpaired) electrons. The molecular formula is C52H68N2O10. The predicted octanol–water partition coefficient (Wildman–Crippen LogP) is 11.9. The monoisotopic (exact) mass is 880 g/mol. The first-order valence-corrected chi connectivity index (χ1v) is 22.1. The lowest BCUT2D eigenvalue weighted by Gasteiger charge is -2.31. The number of Topliss-reactive ketones (excluding diaryl/α,β-unsaturated/α-hetero) is 2. The number of hydrogen-bond donors (Lipinski definition) is 2. The Morgan fingerprint density at radius 2 is 0.891 bits per heavy atom. The second-order valence-corrected chi connectivity index (χ2v) is 20.5. The average Bonchev–Trinajstić information content (AvgIpc) is 3.17. The van der Waals surface area contributed by atoms with Gasteiger partial charge in [-0.05, 0) is 71.6 Å². The molecule has 4 aromatic rings. The third-order valence-electron chi connectivity index (χ3n) is 10.3. The van der Waals surface area contributed by atoms with Crippen molar-refractivity contribution < 1.29 is 48.3 Å². The summed E-state index contributed by atoms with van der Waals surface area (Å²) < 4.78 is 23.9. The van der Waals surface area contributed by atoms with Gasteiger partial charge >= 0.3 is 11.9 Å². The smallest absolute Gasteiger partial charge is 0.354 e. The number of aromatic carboxylic acids is 2. The van der Waals surface area contributed by atoms with E-state index in [1.54, 1.807) is 36.4 Å². The molecule has 2 aromatic carbocycles. The molecule has 4 rings (SSSR count). The molecule has 0 aliphatic heterocycles. The Morgan fingerprint density at radius 3 is 1.23 bits per heavy atom. The van der Waals surface area contributed by atoms with Gasteiger partial charge in [-0.3, -0.25) is 9.59 Å². The third kappa shape index (κ3) is 16.7. The van der Waals surface area contributed by atoms with E-state index in [1.807, 2.05) is 12.2 Å². The first-order valence-electron chi connectivity index (χ1n) is 22.1. The minimum atomic E-state index is -1.21. The lowest BCUT2D eigenvalue weighted by atomic mass is 9.74. The number of carbonyl (C=O) groups excluding carboxylic acids is 2. The van der Waals surface area contributed by atoms with E-state index in [4.69, 9.17) is 18.9 Å². The molecule has 0 amide bonds. The molecule has 0 saturated heterocycles. The molecule has 2 aromatic heterocycles. The molecule has 2 heterocycles. The molecule has 0 atom stereocenters. The Morgan fingerprint density at radius 1 is 0.516 bits per heavy atom. The molecule has 0 aliphatic carbocycles. The zero-order chi connectivity index (χ0) is 47.3. The van der Waals surface area contributed by atoms with Gasteiger partial charge in [-0.2, -0.15) is 0 Å². The maximum atomic E-state index is 12.8. The van der Waals surface area contributed by atoms with E-state index in [0.29, 0.717) is 44.8 Å². The summed E-state index contributed by atoms with van der Waals surface area (Å²) in [7, 11) is 0. The maximum Gasteiger partial charge on any atom is 0.354 e. The number of carbonyl (C=O) groups is 4. The molecule has 346 valence electrons. The Hall–Kier alpha value is -5.78. The number of para-hydroxylation sites is 2. The number of ether oxygens (including phenoxy) is 4. The molecule has 0 bridgehead atoms. The van der Waals surface area contributed by atoms with Crippen molar-refractivity contribution in [3.63, 3.8) is 0 Å². The summed E-state index contributed by atoms with van der Waals surface area (Å²) in [5.41, 5.74) is 0.872. The predicted molar refractivity (Wildman–Crippen MR) is 251 cm³/mol. The Bertz CT molecular complexity index is 2170. The highest BCUT2D eigenvalue weighted by atomic mass is 16.5. The van der Waals surface area contributed by atoms with E-state index < -0.39 is 11.9 Å². The molecule has 0 spiro atoms. The summed E-state index contributed by atoms with van der Waals surface area (Å²) in [6, 6.07) is 13.2. The summed E-state index contributed by atoms with van der Waals surface area (Å²) in [5, 5.41) is 20.7. The lowest BCUT2D eigenvalue weighted by molar-refractivity contribution is -0.124. The van der Waals surface area contributed by atoms with Crippen molar-refractivity contribution in [3.8, 4) is 23.0 Å². The maximum absolute atomic E-state index is 12.8. The van der Waals surface area contributed by atoms with Gasteiger partial charge in [0.25, 0.3) is 0 Å². The summed E-state index contributed by atoms with van der Waals surface area (Å²) in [5.74, 6) is -1.44. The molecule has 2 N–H and O–H groups in total. The quantitative estimate of drug-likeness (QED) is 0.0604. The van der Waals surface area contributed by atoms with Gasteiger partial charge < -0.3 is 29.2 Å². The summed E-state index contributed by atoms with van der Waals surface area (Å²) in [6.07, 6.45) is 12.0. The highest BCUT2D eigenvalue weighted by Crippen LogP contribution is 2.38. The van der Waals surface area contributed by atoms with Crippen LogP contribution >= 0.6 is 0 Å². The van der Waals surface area contributed by atoms with Crippen molar-refractivity contribution >= 4 is 45.3 Å². The van der Waals surface area contributed by atoms with Gasteiger partial charge in [0.1, 0.15) is 58.8 Å². The number of rotatable bonds is 25. The first-order chi connectivity index (χ1) is 29.9. The number of nitrogens with zero attached hydrogens (tertiary/aromatic N) is 2. The van der Waals surface area contributed by atoms with Crippen molar-refractivity contribution in [2.45, 2.75) is 121 Å². The summed E-state index contributed by atoms with van der Waals surface area (Å²) in [6.45, 7) is 22.8. The number of ketones is 2. The normalized spacial score (nSPS) is 12.6. The molecule has 0 saturated carbocycles. The van der Waals surface area contributed by atoms with Gasteiger partial charge in [0.15, 0.2) is 11.4 Å². The van der Waals surface area contributed by atoms with Gasteiger partial charge in [-0.1, -0.05) is 106 Å². The van der Waals surface area contributed by atoms with Crippen LogP contribution in [0.2, 0.25) is 0 Å². The van der Waals surface area contributed by atoms with Crippen molar-refractivity contribution in [2.75, 3.05) is 26.4 Å². The fraction of sp³-hybridized carbons (Fsp3) is 0.500. The van der Waals surface area contributed by atoms with Crippen LogP contribution in [0.5, 0.6) is 23.0 Å². The van der Waals surface area contributed by atoms with Crippen molar-refractivity contribution in [2.24, 2.45) is 21.7 Å². The Balaban J connectivity index is 1.28. The third-order valence-corrected chi connectivity index (χ3v) is 10.3. The number of aromatic nitrogens is 2. The molecule has 0 aliphatic rings. The van der Waals surface area contributed by atoms with Crippen molar-refractivity contribution in [1.29, 1.82) is 0 Å². The van der Waals surface area contributed by atoms with Crippen LogP contribution in [0.15, 0.2) is 72.8 Å². The van der Waals surface area contributed by atoms with Crippen LogP contribution in [0.3, 0.4) is 0 Å². The van der Waals surface area contributed by atoms with Gasteiger partial charge in [0.2, 0.25) is 0 Å². The number of benzene rings is 2. The number of carboxylic acid groups (broad SMARTS) is 2. The van der Waals surface area contributed by atoms with E-state index >= 15 is 0 Å². The van der Waals surface area contributed by atoms with Crippen LogP contribution in [-0.4, -0.2) is 70.1 Å². The topological polar surface area (TPSA) is 171 Å². The Labute approximate surface area is 378 Å². The van der Waals surface area contributed by atoms with Gasteiger partial charge in [0.05, 0.1) is 13.2 Å². The zero-order valence-corrected chi connectivity index (χ0v) is 39.5. The van der Waals surface area contributed by atoms with E-state index in [1.165, 1.54) is 12.1 Å². The van der Waals surface area contributed by atoms with Crippen molar-refractivity contribution in [1.82, 2.24) is 9.97 Å². The average molecular weight is 881 g/mol. The Kier molecular flexibility index (Phi) is 17.7. The highest BCUT2D eigenvalue weighted by molar-refractivity contribution is 5.96. The van der Waals surface area contributed by atoms with E-state index in [2.05, 4.69) is 91.4 Å². The fourth-order valence-electron chi connectivity index (χ4n) is 8.38. The van der Waals surface area contributed by atoms with Gasteiger partial charge in [-0.15, -0.1) is 0 Å². The number of allylic oxidation sites excluding steroid dienone is 2. The fourth-order valence-corrected chi connectivity index (χ4v) is 8.38. The van der Waals surface area contributed by atoms with E-state index in [-0.39, 0.29) is 96.7 Å².